The number of fused-ring (bicyclic) bond motifs is 3. The van der Waals surface area contributed by atoms with Gasteiger partial charge in [-0.05, 0) is 59.5 Å². The first-order chi connectivity index (χ1) is 14.9. The fourth-order valence-electron chi connectivity index (χ4n) is 4.43. The highest BCUT2D eigenvalue weighted by Crippen LogP contribution is 2.47. The molecular weight excluding hydrogens is 412 g/mol. The molecule has 4 atom stereocenters. The predicted molar refractivity (Wildman–Crippen MR) is 118 cm³/mol. The van der Waals surface area contributed by atoms with Gasteiger partial charge in [-0.2, -0.15) is 0 Å². The van der Waals surface area contributed by atoms with Crippen molar-refractivity contribution in [2.75, 3.05) is 6.61 Å². The molecule has 2 unspecified atom stereocenters. The zero-order chi connectivity index (χ0) is 23.7. The van der Waals surface area contributed by atoms with Crippen LogP contribution in [0.3, 0.4) is 0 Å². The van der Waals surface area contributed by atoms with Crippen molar-refractivity contribution < 1.29 is 34.0 Å². The highest BCUT2D eigenvalue weighted by atomic mass is 16.6. The van der Waals surface area contributed by atoms with Gasteiger partial charge in [0.25, 0.3) is 0 Å². The largest absolute Gasteiger partial charge is 0.457 e. The number of hydrogen-bond acceptors (Lipinski definition) is 7. The van der Waals surface area contributed by atoms with Crippen molar-refractivity contribution in [2.45, 2.75) is 84.2 Å². The van der Waals surface area contributed by atoms with Crippen LogP contribution in [0, 0.1) is 5.92 Å². The van der Waals surface area contributed by atoms with Gasteiger partial charge in [0.1, 0.15) is 12.4 Å². The number of hydrogen-bond donors (Lipinski definition) is 2. The molecule has 0 aromatic carbocycles. The summed E-state index contributed by atoms with van der Waals surface area (Å²) in [4.78, 5) is 24.8. The van der Waals surface area contributed by atoms with Crippen LogP contribution in [0.15, 0.2) is 46.3 Å². The van der Waals surface area contributed by atoms with Crippen LogP contribution in [0.25, 0.3) is 0 Å². The summed E-state index contributed by atoms with van der Waals surface area (Å²) < 4.78 is 16.7. The van der Waals surface area contributed by atoms with Gasteiger partial charge in [-0.15, -0.1) is 0 Å². The standard InChI is InChI=1S/C25H34O7/c1-15(2)7-6-8-16(3)11-21(27)30-14-18-22-19(26)12-17(4)25(29)10-9-24(5,32-25)13-20(22)31-23(18)28/h7,11,13,17,19,26,29H,6,8-10,12,14H2,1-5H3/t17-,19+,24?,25?/m1/s1. The Morgan fingerprint density at radius 3 is 2.72 bits per heavy atom. The van der Waals surface area contributed by atoms with Gasteiger partial charge in [0.15, 0.2) is 5.79 Å². The Labute approximate surface area is 189 Å². The number of allylic oxidation sites excluding steroid dienone is 3. The molecule has 3 aliphatic rings. The van der Waals surface area contributed by atoms with Gasteiger partial charge in [0.2, 0.25) is 0 Å². The van der Waals surface area contributed by atoms with Crippen LogP contribution in [0.1, 0.15) is 66.7 Å². The number of esters is 2. The van der Waals surface area contributed by atoms with Crippen molar-refractivity contribution >= 4 is 11.9 Å². The summed E-state index contributed by atoms with van der Waals surface area (Å²) in [6.07, 6.45) is 6.84. The molecule has 0 saturated carbocycles. The van der Waals surface area contributed by atoms with E-state index in [1.165, 1.54) is 11.6 Å². The third-order valence-electron chi connectivity index (χ3n) is 6.36. The van der Waals surface area contributed by atoms with Crippen LogP contribution in [0.2, 0.25) is 0 Å². The second-order valence-electron chi connectivity index (χ2n) is 9.62. The molecule has 7 heteroatoms. The molecule has 1 fully saturated rings. The molecule has 0 radical (unpaired) electrons. The third-order valence-corrected chi connectivity index (χ3v) is 6.36. The van der Waals surface area contributed by atoms with E-state index < -0.39 is 29.4 Å². The minimum atomic E-state index is -1.35. The highest BCUT2D eigenvalue weighted by molar-refractivity contribution is 5.95. The summed E-state index contributed by atoms with van der Waals surface area (Å²) in [6.45, 7) is 9.23. The molecule has 176 valence electrons. The fourth-order valence-corrected chi connectivity index (χ4v) is 4.43. The predicted octanol–water partition coefficient (Wildman–Crippen LogP) is 3.62. The minimum absolute atomic E-state index is 0.119. The van der Waals surface area contributed by atoms with Crippen LogP contribution in [0.5, 0.6) is 0 Å². The molecule has 0 spiro atoms. The number of ether oxygens (including phenoxy) is 3. The highest BCUT2D eigenvalue weighted by Gasteiger charge is 2.51. The SMILES string of the molecule is CC(C)=CCCC(C)=CC(=O)OCC1=C2C(=CC3(C)CCC(O)(O3)[C@H](C)C[C@@H]2O)OC1=O. The Balaban J connectivity index is 1.79. The lowest BCUT2D eigenvalue weighted by molar-refractivity contribution is -0.238. The van der Waals surface area contributed by atoms with Crippen molar-refractivity contribution in [2.24, 2.45) is 5.92 Å². The van der Waals surface area contributed by atoms with E-state index in [1.807, 2.05) is 27.7 Å². The molecule has 0 aliphatic carbocycles. The molecular formula is C25H34O7. The van der Waals surface area contributed by atoms with Crippen molar-refractivity contribution in [1.29, 1.82) is 0 Å². The van der Waals surface area contributed by atoms with Crippen LogP contribution in [0.4, 0.5) is 0 Å². The summed E-state index contributed by atoms with van der Waals surface area (Å²) in [5.41, 5.74) is 1.70. The summed E-state index contributed by atoms with van der Waals surface area (Å²) in [7, 11) is 0. The molecule has 0 aromatic heterocycles. The second-order valence-corrected chi connectivity index (χ2v) is 9.62. The number of aliphatic hydroxyl groups is 2. The minimum Gasteiger partial charge on any atom is -0.457 e. The van der Waals surface area contributed by atoms with Crippen molar-refractivity contribution in [3.8, 4) is 0 Å². The van der Waals surface area contributed by atoms with Gasteiger partial charge in [-0.25, -0.2) is 9.59 Å². The first-order valence-corrected chi connectivity index (χ1v) is 11.2. The molecule has 3 heterocycles. The Morgan fingerprint density at radius 1 is 1.31 bits per heavy atom. The summed E-state index contributed by atoms with van der Waals surface area (Å²) >= 11 is 0. The average Bonchev–Trinajstić information content (AvgIpc) is 3.16. The molecule has 2 bridgehead atoms. The Morgan fingerprint density at radius 2 is 2.03 bits per heavy atom. The first kappa shape index (κ1) is 24.4. The maximum atomic E-state index is 12.6. The molecule has 1 saturated heterocycles. The van der Waals surface area contributed by atoms with Gasteiger partial charge < -0.3 is 24.4 Å². The lowest BCUT2D eigenvalue weighted by Crippen LogP contribution is -2.39. The van der Waals surface area contributed by atoms with E-state index in [2.05, 4.69) is 6.08 Å². The smallest absolute Gasteiger partial charge is 0.343 e. The first-order valence-electron chi connectivity index (χ1n) is 11.2. The normalized spacial score (nSPS) is 32.4. The van der Waals surface area contributed by atoms with E-state index in [0.29, 0.717) is 18.4 Å². The number of rotatable bonds is 6. The number of carbonyl (C=O) groups excluding carboxylic acids is 2. The second kappa shape index (κ2) is 9.33. The Kier molecular flexibility index (Phi) is 7.12. The van der Waals surface area contributed by atoms with Crippen molar-refractivity contribution in [3.05, 3.63) is 46.3 Å². The Bertz CT molecular complexity index is 905. The van der Waals surface area contributed by atoms with Gasteiger partial charge in [0, 0.05) is 24.0 Å². The van der Waals surface area contributed by atoms with Gasteiger partial charge >= 0.3 is 11.9 Å². The van der Waals surface area contributed by atoms with E-state index in [1.54, 1.807) is 13.0 Å². The number of aliphatic hydroxyl groups excluding tert-OH is 1. The number of carbonyl (C=O) groups is 2. The Hall–Kier alpha value is -2.22. The van der Waals surface area contributed by atoms with Crippen LogP contribution < -0.4 is 0 Å². The van der Waals surface area contributed by atoms with Crippen LogP contribution in [-0.2, 0) is 23.8 Å². The van der Waals surface area contributed by atoms with Gasteiger partial charge in [-0.3, -0.25) is 0 Å². The lowest BCUT2D eigenvalue weighted by atomic mass is 9.86. The van der Waals surface area contributed by atoms with Crippen molar-refractivity contribution in [3.63, 3.8) is 0 Å². The quantitative estimate of drug-likeness (QED) is 0.365. The van der Waals surface area contributed by atoms with Gasteiger partial charge in [0.05, 0.1) is 17.3 Å². The lowest BCUT2D eigenvalue weighted by Gasteiger charge is -2.32. The molecule has 32 heavy (non-hydrogen) atoms. The molecule has 3 rings (SSSR count). The van der Waals surface area contributed by atoms with E-state index in [-0.39, 0.29) is 30.3 Å². The topological polar surface area (TPSA) is 102 Å². The maximum absolute atomic E-state index is 12.6. The van der Waals surface area contributed by atoms with E-state index in [9.17, 15) is 19.8 Å². The van der Waals surface area contributed by atoms with E-state index >= 15 is 0 Å². The van der Waals surface area contributed by atoms with E-state index in [0.717, 1.165) is 18.4 Å². The summed E-state index contributed by atoms with van der Waals surface area (Å²) in [5, 5.41) is 21.8. The fraction of sp³-hybridized carbons (Fsp3) is 0.600. The monoisotopic (exact) mass is 446 g/mol. The van der Waals surface area contributed by atoms with Crippen LogP contribution in [-0.4, -0.2) is 46.3 Å². The molecule has 0 aromatic rings. The van der Waals surface area contributed by atoms with Gasteiger partial charge in [-0.1, -0.05) is 24.1 Å². The van der Waals surface area contributed by atoms with E-state index in [4.69, 9.17) is 14.2 Å². The molecule has 7 nitrogen and oxygen atoms in total. The zero-order valence-electron chi connectivity index (χ0n) is 19.6. The van der Waals surface area contributed by atoms with Crippen molar-refractivity contribution in [1.82, 2.24) is 0 Å². The summed E-state index contributed by atoms with van der Waals surface area (Å²) in [5.74, 6) is -2.70. The molecule has 2 N–H and O–H groups in total. The summed E-state index contributed by atoms with van der Waals surface area (Å²) in [6, 6.07) is 0. The molecule has 3 aliphatic heterocycles. The molecule has 0 amide bonds. The zero-order valence-corrected chi connectivity index (χ0v) is 19.6. The average molecular weight is 447 g/mol. The van der Waals surface area contributed by atoms with Crippen LogP contribution >= 0.6 is 0 Å². The maximum Gasteiger partial charge on any atom is 0.343 e. The third kappa shape index (κ3) is 5.39.